The van der Waals surface area contributed by atoms with E-state index in [0.29, 0.717) is 11.4 Å². The van der Waals surface area contributed by atoms with Crippen LogP contribution in [-0.4, -0.2) is 36.1 Å². The molecule has 1 amide bonds. The first kappa shape index (κ1) is 19.5. The van der Waals surface area contributed by atoms with Gasteiger partial charge in [-0.05, 0) is 51.5 Å². The number of rotatable bonds is 5. The zero-order chi connectivity index (χ0) is 18.3. The lowest BCUT2D eigenvalue weighted by Crippen LogP contribution is -2.27. The van der Waals surface area contributed by atoms with Crippen LogP contribution in [0.25, 0.3) is 0 Å². The van der Waals surface area contributed by atoms with Gasteiger partial charge in [0, 0.05) is 6.08 Å². The quantitative estimate of drug-likeness (QED) is 0.435. The standard InChI is InChI=1S/C17H24N2O5/c1-11-6-7-12(18-14(20)8-9-15(21)23-5)13(10-11)19-16(22)24-17(2,3)4/h6-10,14,18,20H,1-5H3,(H,19,22)/b9-8+. The minimum atomic E-state index is -1.13. The van der Waals surface area contributed by atoms with Gasteiger partial charge in [0.2, 0.25) is 0 Å². The Morgan fingerprint density at radius 2 is 1.92 bits per heavy atom. The Balaban J connectivity index is 2.86. The van der Waals surface area contributed by atoms with Gasteiger partial charge in [-0.25, -0.2) is 9.59 Å². The summed E-state index contributed by atoms with van der Waals surface area (Å²) in [5, 5.41) is 15.3. The molecule has 24 heavy (non-hydrogen) atoms. The molecular formula is C17H24N2O5. The van der Waals surface area contributed by atoms with Gasteiger partial charge in [-0.3, -0.25) is 5.32 Å². The molecule has 0 saturated heterocycles. The van der Waals surface area contributed by atoms with Crippen LogP contribution in [0.3, 0.4) is 0 Å². The first-order chi connectivity index (χ1) is 11.1. The molecular weight excluding hydrogens is 312 g/mol. The first-order valence-electron chi connectivity index (χ1n) is 7.42. The van der Waals surface area contributed by atoms with E-state index in [-0.39, 0.29) is 0 Å². The predicted octanol–water partition coefficient (Wildman–Crippen LogP) is 2.80. The lowest BCUT2D eigenvalue weighted by atomic mass is 10.2. The number of aliphatic hydroxyl groups is 1. The molecule has 0 fully saturated rings. The molecule has 1 atom stereocenters. The molecule has 0 aliphatic rings. The molecule has 0 aromatic heterocycles. The number of methoxy groups -OCH3 is 1. The van der Waals surface area contributed by atoms with Gasteiger partial charge in [0.25, 0.3) is 0 Å². The second-order valence-electron chi connectivity index (χ2n) is 6.15. The van der Waals surface area contributed by atoms with Crippen LogP contribution >= 0.6 is 0 Å². The summed E-state index contributed by atoms with van der Waals surface area (Å²) in [5.74, 6) is -0.577. The van der Waals surface area contributed by atoms with Crippen LogP contribution in [0.15, 0.2) is 30.4 Å². The average Bonchev–Trinajstić information content (AvgIpc) is 2.45. The molecule has 0 heterocycles. The van der Waals surface area contributed by atoms with Crippen molar-refractivity contribution >= 4 is 23.4 Å². The van der Waals surface area contributed by atoms with Crippen molar-refractivity contribution in [2.24, 2.45) is 0 Å². The van der Waals surface area contributed by atoms with E-state index in [0.717, 1.165) is 11.6 Å². The number of aryl methyl sites for hydroxylation is 1. The van der Waals surface area contributed by atoms with E-state index in [9.17, 15) is 14.7 Å². The maximum absolute atomic E-state index is 11.9. The molecule has 0 aliphatic carbocycles. The van der Waals surface area contributed by atoms with Crippen LogP contribution in [0.2, 0.25) is 0 Å². The van der Waals surface area contributed by atoms with Gasteiger partial charge >= 0.3 is 12.1 Å². The molecule has 7 heteroatoms. The minimum absolute atomic E-state index is 0.453. The fraction of sp³-hybridized carbons (Fsp3) is 0.412. The number of hydrogen-bond acceptors (Lipinski definition) is 6. The van der Waals surface area contributed by atoms with Gasteiger partial charge in [0.1, 0.15) is 11.8 Å². The van der Waals surface area contributed by atoms with Crippen LogP contribution in [0.5, 0.6) is 0 Å². The second-order valence-corrected chi connectivity index (χ2v) is 6.15. The highest BCUT2D eigenvalue weighted by Gasteiger charge is 2.17. The van der Waals surface area contributed by atoms with Crippen molar-refractivity contribution in [2.45, 2.75) is 39.5 Å². The van der Waals surface area contributed by atoms with Crippen molar-refractivity contribution in [3.05, 3.63) is 35.9 Å². The van der Waals surface area contributed by atoms with E-state index in [4.69, 9.17) is 4.74 Å². The highest BCUT2D eigenvalue weighted by molar-refractivity contribution is 5.90. The van der Waals surface area contributed by atoms with E-state index in [1.54, 1.807) is 32.9 Å². The molecule has 132 valence electrons. The number of hydrogen-bond donors (Lipinski definition) is 3. The fourth-order valence-electron chi connectivity index (χ4n) is 1.75. The fourth-order valence-corrected chi connectivity index (χ4v) is 1.75. The summed E-state index contributed by atoms with van der Waals surface area (Å²) in [7, 11) is 1.25. The summed E-state index contributed by atoms with van der Waals surface area (Å²) in [6.45, 7) is 7.17. The van der Waals surface area contributed by atoms with E-state index in [1.165, 1.54) is 13.2 Å². The molecule has 0 bridgehead atoms. The van der Waals surface area contributed by atoms with Crippen molar-refractivity contribution in [3.8, 4) is 0 Å². The number of anilines is 2. The van der Waals surface area contributed by atoms with Gasteiger partial charge in [-0.1, -0.05) is 6.07 Å². The maximum Gasteiger partial charge on any atom is 0.412 e. The highest BCUT2D eigenvalue weighted by Crippen LogP contribution is 2.24. The van der Waals surface area contributed by atoms with Gasteiger partial charge in [-0.15, -0.1) is 0 Å². The zero-order valence-electron chi connectivity index (χ0n) is 14.5. The number of aliphatic hydroxyl groups excluding tert-OH is 1. The molecule has 0 spiro atoms. The third-order valence-electron chi connectivity index (χ3n) is 2.73. The van der Waals surface area contributed by atoms with Crippen LogP contribution in [-0.2, 0) is 14.3 Å². The summed E-state index contributed by atoms with van der Waals surface area (Å²) in [5.41, 5.74) is 1.24. The van der Waals surface area contributed by atoms with Gasteiger partial charge in [-0.2, -0.15) is 0 Å². The van der Waals surface area contributed by atoms with Crippen molar-refractivity contribution in [2.75, 3.05) is 17.7 Å². The van der Waals surface area contributed by atoms with Crippen molar-refractivity contribution in [3.63, 3.8) is 0 Å². The number of ether oxygens (including phenoxy) is 2. The third kappa shape index (κ3) is 7.15. The Hall–Kier alpha value is -2.54. The smallest absolute Gasteiger partial charge is 0.412 e. The van der Waals surface area contributed by atoms with E-state index >= 15 is 0 Å². The van der Waals surface area contributed by atoms with Crippen molar-refractivity contribution < 1.29 is 24.2 Å². The van der Waals surface area contributed by atoms with Gasteiger partial charge < -0.3 is 19.9 Å². The number of carbonyl (C=O) groups is 2. The Bertz CT molecular complexity index is 620. The Kier molecular flexibility index (Phi) is 6.79. The lowest BCUT2D eigenvalue weighted by molar-refractivity contribution is -0.134. The number of esters is 1. The van der Waals surface area contributed by atoms with E-state index in [1.807, 2.05) is 13.0 Å². The topological polar surface area (TPSA) is 96.9 Å². The summed E-state index contributed by atoms with van der Waals surface area (Å²) < 4.78 is 9.67. The maximum atomic E-state index is 11.9. The van der Waals surface area contributed by atoms with Gasteiger partial charge in [0.05, 0.1) is 18.5 Å². The molecule has 1 rings (SSSR count). The summed E-state index contributed by atoms with van der Waals surface area (Å²) in [6.07, 6.45) is 0.609. The SMILES string of the molecule is COC(=O)/C=C/C(O)Nc1ccc(C)cc1NC(=O)OC(C)(C)C. The van der Waals surface area contributed by atoms with Crippen LogP contribution < -0.4 is 10.6 Å². The normalized spacial score (nSPS) is 12.6. The van der Waals surface area contributed by atoms with Crippen molar-refractivity contribution in [1.29, 1.82) is 0 Å². The predicted molar refractivity (Wildman–Crippen MR) is 91.8 cm³/mol. The molecule has 0 saturated carbocycles. The number of benzene rings is 1. The van der Waals surface area contributed by atoms with Crippen molar-refractivity contribution in [1.82, 2.24) is 0 Å². The van der Waals surface area contributed by atoms with Crippen LogP contribution in [0.1, 0.15) is 26.3 Å². The first-order valence-corrected chi connectivity index (χ1v) is 7.42. The van der Waals surface area contributed by atoms with E-state index < -0.39 is 23.9 Å². The Morgan fingerprint density at radius 1 is 1.25 bits per heavy atom. The number of nitrogens with one attached hydrogen (secondary N) is 2. The monoisotopic (exact) mass is 336 g/mol. The minimum Gasteiger partial charge on any atom is -0.466 e. The second kappa shape index (κ2) is 8.35. The van der Waals surface area contributed by atoms with Crippen LogP contribution in [0.4, 0.5) is 16.2 Å². The van der Waals surface area contributed by atoms with E-state index in [2.05, 4.69) is 15.4 Å². The summed E-state index contributed by atoms with van der Waals surface area (Å²) in [6, 6.07) is 5.26. The lowest BCUT2D eigenvalue weighted by Gasteiger charge is -2.21. The molecule has 1 unspecified atom stereocenters. The molecule has 0 aliphatic heterocycles. The molecule has 1 aromatic carbocycles. The molecule has 7 nitrogen and oxygen atoms in total. The largest absolute Gasteiger partial charge is 0.466 e. The zero-order valence-corrected chi connectivity index (χ0v) is 14.5. The average molecular weight is 336 g/mol. The third-order valence-corrected chi connectivity index (χ3v) is 2.73. The summed E-state index contributed by atoms with van der Waals surface area (Å²) >= 11 is 0. The van der Waals surface area contributed by atoms with Gasteiger partial charge in [0.15, 0.2) is 0 Å². The Labute approximate surface area is 141 Å². The molecule has 1 aromatic rings. The van der Waals surface area contributed by atoms with Crippen LogP contribution in [0, 0.1) is 6.92 Å². The molecule has 0 radical (unpaired) electrons. The summed E-state index contributed by atoms with van der Waals surface area (Å²) in [4.78, 5) is 23.0. The Morgan fingerprint density at radius 3 is 2.50 bits per heavy atom. The molecule has 3 N–H and O–H groups in total. The number of amides is 1. The highest BCUT2D eigenvalue weighted by atomic mass is 16.6. The number of carbonyl (C=O) groups excluding carboxylic acids is 2.